The molecule has 4 nitrogen and oxygen atoms in total. The number of imidazole rings is 1. The van der Waals surface area contributed by atoms with Gasteiger partial charge in [0.15, 0.2) is 4.96 Å². The molecule has 0 N–H and O–H groups in total. The fourth-order valence-corrected chi connectivity index (χ4v) is 3.00. The van der Waals surface area contributed by atoms with E-state index in [-0.39, 0.29) is 5.91 Å². The van der Waals surface area contributed by atoms with Crippen LogP contribution in [-0.2, 0) is 0 Å². The Hall–Kier alpha value is -1.36. The van der Waals surface area contributed by atoms with Crippen LogP contribution in [0.25, 0.3) is 4.96 Å². The molecular formula is C15H23N3OS. The maximum absolute atomic E-state index is 12.6. The van der Waals surface area contributed by atoms with Crippen molar-refractivity contribution in [2.45, 2.75) is 46.5 Å². The maximum Gasteiger partial charge on any atom is 0.274 e. The predicted octanol–water partition coefficient (Wildman–Crippen LogP) is 3.75. The van der Waals surface area contributed by atoms with Gasteiger partial charge in [-0.05, 0) is 19.8 Å². The Balaban J connectivity index is 2.13. The molecule has 0 saturated carbocycles. The molecule has 0 spiro atoms. The normalized spacial score (nSPS) is 11.2. The van der Waals surface area contributed by atoms with Gasteiger partial charge in [-0.25, -0.2) is 4.98 Å². The fraction of sp³-hybridized carbons (Fsp3) is 0.600. The van der Waals surface area contributed by atoms with Crippen molar-refractivity contribution in [2.24, 2.45) is 0 Å². The van der Waals surface area contributed by atoms with Crippen LogP contribution in [0.5, 0.6) is 0 Å². The van der Waals surface area contributed by atoms with Gasteiger partial charge in [0.05, 0.1) is 0 Å². The molecule has 5 heteroatoms. The number of nitrogens with zero attached hydrogens (tertiary/aromatic N) is 3. The van der Waals surface area contributed by atoms with Gasteiger partial charge in [0.2, 0.25) is 0 Å². The molecule has 20 heavy (non-hydrogen) atoms. The smallest absolute Gasteiger partial charge is 0.274 e. The van der Waals surface area contributed by atoms with E-state index in [4.69, 9.17) is 0 Å². The number of carbonyl (C=O) groups is 1. The summed E-state index contributed by atoms with van der Waals surface area (Å²) >= 11 is 1.62. The lowest BCUT2D eigenvalue weighted by Gasteiger charge is -2.21. The van der Waals surface area contributed by atoms with Gasteiger partial charge in [0.1, 0.15) is 5.69 Å². The number of rotatable bonds is 7. The largest absolute Gasteiger partial charge is 0.337 e. The van der Waals surface area contributed by atoms with Gasteiger partial charge in [-0.2, -0.15) is 0 Å². The van der Waals surface area contributed by atoms with Crippen molar-refractivity contribution in [3.05, 3.63) is 23.0 Å². The Bertz CT molecular complexity index is 533. The number of aryl methyl sites for hydroxylation is 1. The van der Waals surface area contributed by atoms with Gasteiger partial charge in [0, 0.05) is 30.4 Å². The maximum atomic E-state index is 12.6. The number of amides is 1. The third-order valence-electron chi connectivity index (χ3n) is 3.34. The van der Waals surface area contributed by atoms with Crippen molar-refractivity contribution in [3.63, 3.8) is 0 Å². The van der Waals surface area contributed by atoms with E-state index in [9.17, 15) is 4.79 Å². The second-order valence-corrected chi connectivity index (χ2v) is 6.37. The highest BCUT2D eigenvalue weighted by atomic mass is 32.1. The van der Waals surface area contributed by atoms with Crippen LogP contribution in [0.15, 0.2) is 12.4 Å². The van der Waals surface area contributed by atoms with E-state index in [2.05, 4.69) is 25.8 Å². The summed E-state index contributed by atoms with van der Waals surface area (Å²) in [5.74, 6) is 0.0699. The van der Waals surface area contributed by atoms with Gasteiger partial charge in [-0.15, -0.1) is 11.3 Å². The number of thiazole rings is 1. The third-order valence-corrected chi connectivity index (χ3v) is 4.25. The molecule has 0 unspecified atom stereocenters. The SMILES string of the molecule is CCCCN(CCCC)C(=O)c1cn2cc(C)sc2n1. The summed E-state index contributed by atoms with van der Waals surface area (Å²) in [6, 6.07) is 0. The van der Waals surface area contributed by atoms with E-state index < -0.39 is 0 Å². The predicted molar refractivity (Wildman–Crippen MR) is 83.5 cm³/mol. The molecule has 0 bridgehead atoms. The monoisotopic (exact) mass is 293 g/mol. The molecule has 0 aliphatic heterocycles. The van der Waals surface area contributed by atoms with E-state index in [1.807, 2.05) is 21.7 Å². The van der Waals surface area contributed by atoms with Gasteiger partial charge in [-0.1, -0.05) is 26.7 Å². The summed E-state index contributed by atoms with van der Waals surface area (Å²) in [5, 5.41) is 0. The van der Waals surface area contributed by atoms with Crippen LogP contribution in [0.3, 0.4) is 0 Å². The van der Waals surface area contributed by atoms with Crippen molar-refractivity contribution in [1.29, 1.82) is 0 Å². The Kier molecular flexibility index (Phi) is 5.17. The zero-order valence-corrected chi connectivity index (χ0v) is 13.4. The minimum absolute atomic E-state index is 0.0699. The molecule has 110 valence electrons. The number of hydrogen-bond acceptors (Lipinski definition) is 3. The standard InChI is InChI=1S/C15H23N3OS/c1-4-6-8-17(9-7-5-2)14(19)13-11-18-10-12(3)20-15(18)16-13/h10-11H,4-9H2,1-3H3. The van der Waals surface area contributed by atoms with E-state index in [0.29, 0.717) is 5.69 Å². The first-order chi connectivity index (χ1) is 9.65. The summed E-state index contributed by atoms with van der Waals surface area (Å²) in [4.78, 5) is 21.1. The summed E-state index contributed by atoms with van der Waals surface area (Å²) < 4.78 is 1.95. The average molecular weight is 293 g/mol. The van der Waals surface area contributed by atoms with Crippen LogP contribution < -0.4 is 0 Å². The second kappa shape index (κ2) is 6.88. The number of unbranched alkanes of at least 4 members (excludes halogenated alkanes) is 2. The van der Waals surface area contributed by atoms with Gasteiger partial charge >= 0.3 is 0 Å². The van der Waals surface area contributed by atoms with Crippen LogP contribution in [-0.4, -0.2) is 33.3 Å². The zero-order valence-electron chi connectivity index (χ0n) is 12.6. The molecule has 2 rings (SSSR count). The fourth-order valence-electron chi connectivity index (χ4n) is 2.19. The van der Waals surface area contributed by atoms with E-state index in [0.717, 1.165) is 43.7 Å². The van der Waals surface area contributed by atoms with E-state index >= 15 is 0 Å². The molecule has 2 aromatic heterocycles. The van der Waals surface area contributed by atoms with Crippen LogP contribution >= 0.6 is 11.3 Å². The molecule has 0 aliphatic rings. The number of fused-ring (bicyclic) bond motifs is 1. The molecule has 1 amide bonds. The van der Waals surface area contributed by atoms with E-state index in [1.54, 1.807) is 11.3 Å². The second-order valence-electron chi connectivity index (χ2n) is 5.16. The Morgan fingerprint density at radius 1 is 1.25 bits per heavy atom. The lowest BCUT2D eigenvalue weighted by Crippen LogP contribution is -2.33. The Morgan fingerprint density at radius 3 is 2.45 bits per heavy atom. The van der Waals surface area contributed by atoms with Gasteiger partial charge < -0.3 is 4.90 Å². The highest BCUT2D eigenvalue weighted by Gasteiger charge is 2.18. The highest BCUT2D eigenvalue weighted by molar-refractivity contribution is 7.17. The minimum atomic E-state index is 0.0699. The average Bonchev–Trinajstić information content (AvgIpc) is 2.95. The summed E-state index contributed by atoms with van der Waals surface area (Å²) in [7, 11) is 0. The van der Waals surface area contributed by atoms with Crippen molar-refractivity contribution in [1.82, 2.24) is 14.3 Å². The van der Waals surface area contributed by atoms with Crippen molar-refractivity contribution in [3.8, 4) is 0 Å². The van der Waals surface area contributed by atoms with E-state index in [1.165, 1.54) is 4.88 Å². The molecule has 0 saturated heterocycles. The molecular weight excluding hydrogens is 270 g/mol. The third kappa shape index (κ3) is 3.39. The quantitative estimate of drug-likeness (QED) is 0.779. The molecule has 2 heterocycles. The van der Waals surface area contributed by atoms with Crippen LogP contribution in [0, 0.1) is 6.92 Å². The number of hydrogen-bond donors (Lipinski definition) is 0. The van der Waals surface area contributed by atoms with Crippen LogP contribution in [0.2, 0.25) is 0 Å². The number of aromatic nitrogens is 2. The lowest BCUT2D eigenvalue weighted by atomic mass is 10.2. The first kappa shape index (κ1) is 15.0. The molecule has 0 atom stereocenters. The molecule has 2 aromatic rings. The van der Waals surface area contributed by atoms with Gasteiger partial charge in [0.25, 0.3) is 5.91 Å². The van der Waals surface area contributed by atoms with Crippen molar-refractivity contribution >= 4 is 22.2 Å². The molecule has 0 aromatic carbocycles. The van der Waals surface area contributed by atoms with Crippen LogP contribution in [0.4, 0.5) is 0 Å². The topological polar surface area (TPSA) is 37.6 Å². The minimum Gasteiger partial charge on any atom is -0.337 e. The first-order valence-corrected chi connectivity index (χ1v) is 8.21. The highest BCUT2D eigenvalue weighted by Crippen LogP contribution is 2.17. The van der Waals surface area contributed by atoms with Crippen LogP contribution in [0.1, 0.15) is 54.9 Å². The van der Waals surface area contributed by atoms with Crippen molar-refractivity contribution in [2.75, 3.05) is 13.1 Å². The zero-order chi connectivity index (χ0) is 14.5. The van der Waals surface area contributed by atoms with Crippen molar-refractivity contribution < 1.29 is 4.79 Å². The Labute approximate surface area is 124 Å². The number of carbonyl (C=O) groups excluding carboxylic acids is 1. The molecule has 0 radical (unpaired) electrons. The lowest BCUT2D eigenvalue weighted by molar-refractivity contribution is 0.0746. The summed E-state index contributed by atoms with van der Waals surface area (Å²) in [6.45, 7) is 8.02. The first-order valence-electron chi connectivity index (χ1n) is 7.40. The molecule has 0 aliphatic carbocycles. The van der Waals surface area contributed by atoms with Gasteiger partial charge in [-0.3, -0.25) is 9.20 Å². The summed E-state index contributed by atoms with van der Waals surface area (Å²) in [5.41, 5.74) is 0.573. The summed E-state index contributed by atoms with van der Waals surface area (Å²) in [6.07, 6.45) is 8.19. The Morgan fingerprint density at radius 2 is 1.90 bits per heavy atom. The molecule has 0 fully saturated rings.